The second kappa shape index (κ2) is 8.53. The molecule has 1 aromatic carbocycles. The van der Waals surface area contributed by atoms with Crippen LogP contribution in [0.4, 0.5) is 10.1 Å². The Kier molecular flexibility index (Phi) is 5.83. The number of anilines is 1. The number of halogens is 2. The Morgan fingerprint density at radius 3 is 2.93 bits per heavy atom. The summed E-state index contributed by atoms with van der Waals surface area (Å²) in [6.07, 6.45) is 2.79. The highest BCUT2D eigenvalue weighted by Gasteiger charge is 2.40. The average Bonchev–Trinajstić information content (AvgIpc) is 3.29. The van der Waals surface area contributed by atoms with Gasteiger partial charge in [-0.2, -0.15) is 5.10 Å². The van der Waals surface area contributed by atoms with Gasteiger partial charge < -0.3 is 10.4 Å². The fourth-order valence-corrected chi connectivity index (χ4v) is 4.01. The minimum absolute atomic E-state index is 0.152. The van der Waals surface area contributed by atoms with E-state index in [1.54, 1.807) is 35.3 Å². The summed E-state index contributed by atoms with van der Waals surface area (Å²) in [7, 11) is 0. The first-order valence-electron chi connectivity index (χ1n) is 9.77. The average molecular weight is 429 g/mol. The van der Waals surface area contributed by atoms with Crippen LogP contribution in [0.25, 0.3) is 0 Å². The van der Waals surface area contributed by atoms with Gasteiger partial charge in [-0.3, -0.25) is 14.5 Å². The quantitative estimate of drug-likeness (QED) is 0.585. The number of benzene rings is 1. The molecule has 4 rings (SSSR count). The van der Waals surface area contributed by atoms with Crippen LogP contribution in [0.5, 0.6) is 0 Å². The van der Waals surface area contributed by atoms with Gasteiger partial charge in [0.1, 0.15) is 11.9 Å². The summed E-state index contributed by atoms with van der Waals surface area (Å²) in [5, 5.41) is 18.0. The van der Waals surface area contributed by atoms with Crippen molar-refractivity contribution in [1.29, 1.82) is 0 Å². The van der Waals surface area contributed by atoms with Crippen molar-refractivity contribution >= 4 is 23.1 Å². The number of nitrogens with zero attached hydrogens (tertiary/aromatic N) is 3. The van der Waals surface area contributed by atoms with Gasteiger partial charge in [0.25, 0.3) is 0 Å². The van der Waals surface area contributed by atoms with Gasteiger partial charge >= 0.3 is 0 Å². The smallest absolute Gasteiger partial charge is 0.216 e. The van der Waals surface area contributed by atoms with Crippen molar-refractivity contribution < 1.29 is 14.3 Å². The van der Waals surface area contributed by atoms with E-state index >= 15 is 0 Å². The van der Waals surface area contributed by atoms with Crippen LogP contribution in [0, 0.1) is 5.92 Å². The molecule has 1 aliphatic rings. The van der Waals surface area contributed by atoms with E-state index in [0.717, 1.165) is 5.56 Å². The van der Waals surface area contributed by atoms with Gasteiger partial charge in [-0.1, -0.05) is 30.7 Å². The van der Waals surface area contributed by atoms with E-state index in [2.05, 4.69) is 15.4 Å². The van der Waals surface area contributed by atoms with Crippen LogP contribution in [-0.2, 0) is 6.54 Å². The molecule has 2 heterocycles. The largest absolute Gasteiger partial charge is 0.390 e. The summed E-state index contributed by atoms with van der Waals surface area (Å²) >= 11 is 6.02. The molecule has 2 N–H and O–H groups in total. The predicted molar refractivity (Wildman–Crippen MR) is 113 cm³/mol. The first-order valence-corrected chi connectivity index (χ1v) is 10.2. The number of hydrogen-bond donors (Lipinski definition) is 2. The molecular weight excluding hydrogens is 407 g/mol. The molecule has 0 radical (unpaired) electrons. The highest BCUT2D eigenvalue weighted by molar-refractivity contribution is 6.30. The third-order valence-electron chi connectivity index (χ3n) is 5.43. The van der Waals surface area contributed by atoms with Gasteiger partial charge in [0.2, 0.25) is 5.78 Å². The van der Waals surface area contributed by atoms with Gasteiger partial charge in [-0.05, 0) is 42.2 Å². The first kappa shape index (κ1) is 20.5. The van der Waals surface area contributed by atoms with Gasteiger partial charge in [-0.25, -0.2) is 4.39 Å². The van der Waals surface area contributed by atoms with Gasteiger partial charge in [0.05, 0.1) is 24.3 Å². The third kappa shape index (κ3) is 4.22. The maximum Gasteiger partial charge on any atom is 0.216 e. The number of aromatic nitrogens is 3. The fraction of sp³-hybridized carbons (Fsp3) is 0.318. The summed E-state index contributed by atoms with van der Waals surface area (Å²) in [4.78, 5) is 17.1. The summed E-state index contributed by atoms with van der Waals surface area (Å²) in [5.74, 6) is -0.460. The van der Waals surface area contributed by atoms with Crippen molar-refractivity contribution in [2.45, 2.75) is 38.2 Å². The molecule has 0 bridgehead atoms. The molecule has 0 spiro atoms. The summed E-state index contributed by atoms with van der Waals surface area (Å²) in [6, 6.07) is 10.2. The highest BCUT2D eigenvalue weighted by atomic mass is 35.5. The number of rotatable bonds is 6. The van der Waals surface area contributed by atoms with Crippen LogP contribution in [0.2, 0.25) is 5.02 Å². The van der Waals surface area contributed by atoms with Gasteiger partial charge in [-0.15, -0.1) is 0 Å². The number of alkyl halides is 1. The normalized spacial score (nSPS) is 23.5. The number of carbonyl (C=O) groups is 1. The molecule has 1 aliphatic carbocycles. The minimum Gasteiger partial charge on any atom is -0.390 e. The van der Waals surface area contributed by atoms with Crippen LogP contribution < -0.4 is 5.32 Å². The van der Waals surface area contributed by atoms with E-state index in [1.807, 2.05) is 25.1 Å². The Morgan fingerprint density at radius 2 is 2.20 bits per heavy atom. The molecule has 156 valence electrons. The minimum atomic E-state index is -1.40. The SMILES string of the molecule is C[C@@H]1C[C@@H](Nc2ccncc2C(=O)c2ccn(Cc3cccc(Cl)c3)n2)[C@@H](F)[C@@H]1O. The lowest BCUT2D eigenvalue weighted by molar-refractivity contribution is 0.0725. The Labute approximate surface area is 178 Å². The summed E-state index contributed by atoms with van der Waals surface area (Å²) in [5.41, 5.74) is 2.03. The van der Waals surface area contributed by atoms with Crippen LogP contribution in [-0.4, -0.2) is 44.0 Å². The third-order valence-corrected chi connectivity index (χ3v) is 5.67. The number of aliphatic hydroxyl groups excluding tert-OH is 1. The molecule has 0 aliphatic heterocycles. The molecule has 2 aromatic heterocycles. The summed E-state index contributed by atoms with van der Waals surface area (Å²) in [6.45, 7) is 2.29. The number of aliphatic hydroxyl groups is 1. The van der Waals surface area contributed by atoms with E-state index < -0.39 is 18.3 Å². The van der Waals surface area contributed by atoms with Crippen molar-refractivity contribution in [2.24, 2.45) is 5.92 Å². The van der Waals surface area contributed by atoms with E-state index in [9.17, 15) is 14.3 Å². The zero-order valence-electron chi connectivity index (χ0n) is 16.4. The molecule has 0 saturated heterocycles. The molecule has 0 unspecified atom stereocenters. The Balaban J connectivity index is 1.52. The standard InChI is InChI=1S/C22H22ClFN4O2/c1-13-9-19(20(24)21(13)29)26-17-5-7-25-11-16(17)22(30)18-6-8-28(27-18)12-14-3-2-4-15(23)10-14/h2-8,10-11,13,19-21,29H,9,12H2,1H3,(H,25,26)/t13-,19-,20-,21-/m1/s1. The lowest BCUT2D eigenvalue weighted by Gasteiger charge is -2.19. The predicted octanol–water partition coefficient (Wildman–Crippen LogP) is 3.73. The molecule has 1 fully saturated rings. The van der Waals surface area contributed by atoms with Crippen molar-refractivity contribution in [3.05, 3.63) is 76.8 Å². The summed E-state index contributed by atoms with van der Waals surface area (Å²) < 4.78 is 16.0. The van der Waals surface area contributed by atoms with Crippen LogP contribution in [0.1, 0.15) is 35.0 Å². The lowest BCUT2D eigenvalue weighted by Crippen LogP contribution is -2.31. The van der Waals surface area contributed by atoms with Crippen molar-refractivity contribution in [3.63, 3.8) is 0 Å². The van der Waals surface area contributed by atoms with E-state index in [0.29, 0.717) is 29.2 Å². The van der Waals surface area contributed by atoms with E-state index in [4.69, 9.17) is 11.6 Å². The van der Waals surface area contributed by atoms with Crippen LogP contribution in [0.15, 0.2) is 55.0 Å². The lowest BCUT2D eigenvalue weighted by atomic mass is 10.1. The molecule has 30 heavy (non-hydrogen) atoms. The van der Waals surface area contributed by atoms with E-state index in [-0.39, 0.29) is 17.4 Å². The topological polar surface area (TPSA) is 80.0 Å². The highest BCUT2D eigenvalue weighted by Crippen LogP contribution is 2.32. The Morgan fingerprint density at radius 1 is 1.37 bits per heavy atom. The maximum absolute atomic E-state index is 14.4. The fourth-order valence-electron chi connectivity index (χ4n) is 3.79. The zero-order valence-corrected chi connectivity index (χ0v) is 17.1. The molecule has 6 nitrogen and oxygen atoms in total. The maximum atomic E-state index is 14.4. The number of pyridine rings is 1. The van der Waals surface area contributed by atoms with Crippen molar-refractivity contribution in [1.82, 2.24) is 14.8 Å². The number of hydrogen-bond acceptors (Lipinski definition) is 5. The second-order valence-corrected chi connectivity index (χ2v) is 8.11. The Bertz CT molecular complexity index is 1060. The molecular formula is C22H22ClFN4O2. The molecule has 4 atom stereocenters. The van der Waals surface area contributed by atoms with Crippen molar-refractivity contribution in [3.8, 4) is 0 Å². The van der Waals surface area contributed by atoms with Crippen LogP contribution >= 0.6 is 11.6 Å². The zero-order chi connectivity index (χ0) is 21.3. The van der Waals surface area contributed by atoms with Crippen LogP contribution in [0.3, 0.4) is 0 Å². The molecule has 8 heteroatoms. The van der Waals surface area contributed by atoms with Gasteiger partial charge in [0.15, 0.2) is 0 Å². The molecule has 0 amide bonds. The van der Waals surface area contributed by atoms with Crippen molar-refractivity contribution in [2.75, 3.05) is 5.32 Å². The van der Waals surface area contributed by atoms with E-state index in [1.165, 1.54) is 6.20 Å². The second-order valence-electron chi connectivity index (χ2n) is 7.68. The van der Waals surface area contributed by atoms with Gasteiger partial charge in [0, 0.05) is 29.3 Å². The number of carbonyl (C=O) groups excluding carboxylic acids is 1. The molecule has 1 saturated carbocycles. The first-order chi connectivity index (χ1) is 14.4. The monoisotopic (exact) mass is 428 g/mol. The molecule has 3 aromatic rings. The number of nitrogens with one attached hydrogen (secondary N) is 1. The Hall–Kier alpha value is -2.77. The number of ketones is 1.